The third kappa shape index (κ3) is 2.69. The number of nitrogens with two attached hydrogens (primary N) is 2. The van der Waals surface area contributed by atoms with Crippen molar-refractivity contribution in [2.24, 2.45) is 5.73 Å². The number of nitrogen functional groups attached to an aromatic ring is 1. The highest BCUT2D eigenvalue weighted by atomic mass is 16.3. The van der Waals surface area contributed by atoms with Gasteiger partial charge in [0.15, 0.2) is 0 Å². The quantitative estimate of drug-likeness (QED) is 0.720. The average Bonchev–Trinajstić information content (AvgIpc) is 2.69. The Hall–Kier alpha value is -2.70. The predicted molar refractivity (Wildman–Crippen MR) is 96.9 cm³/mol. The molecule has 1 aliphatic heterocycles. The molecule has 0 bridgehead atoms. The van der Waals surface area contributed by atoms with E-state index in [-0.39, 0.29) is 0 Å². The largest absolute Gasteiger partial charge is 0.398 e. The van der Waals surface area contributed by atoms with Gasteiger partial charge in [-0.2, -0.15) is 0 Å². The van der Waals surface area contributed by atoms with Crippen LogP contribution in [-0.2, 0) is 9.59 Å². The first-order valence-corrected chi connectivity index (χ1v) is 8.13. The van der Waals surface area contributed by atoms with Gasteiger partial charge in [-0.1, -0.05) is 30.3 Å². The molecule has 0 spiro atoms. The van der Waals surface area contributed by atoms with Gasteiger partial charge in [0, 0.05) is 11.3 Å². The molecule has 25 heavy (non-hydrogen) atoms. The van der Waals surface area contributed by atoms with Crippen molar-refractivity contribution in [1.82, 2.24) is 0 Å². The van der Waals surface area contributed by atoms with E-state index in [1.807, 2.05) is 24.3 Å². The maximum atomic E-state index is 13.1. The Balaban J connectivity index is 2.29. The molecular weight excluding hydrogens is 318 g/mol. The van der Waals surface area contributed by atoms with Crippen LogP contribution in [0, 0.1) is 0 Å². The molecule has 0 aliphatic carbocycles. The molecular formula is C19H21N3O3. The summed E-state index contributed by atoms with van der Waals surface area (Å²) < 4.78 is 0. The Morgan fingerprint density at radius 1 is 1.20 bits per heavy atom. The lowest BCUT2D eigenvalue weighted by molar-refractivity contribution is -0.129. The monoisotopic (exact) mass is 339 g/mol. The van der Waals surface area contributed by atoms with Gasteiger partial charge in [0.25, 0.3) is 5.91 Å². The number of aliphatic hydroxyl groups is 1. The highest BCUT2D eigenvalue weighted by Gasteiger charge is 2.38. The standard InChI is InChI=1S/C19H21N3O3/c1-10-12-6-3-4-7-13(12)16-14(20)8-5-9-15(16)22(18(10)24)19(25)17(21)11(2)23/h3-11,17,23H,20-21H2,1-2H3/t10?,11-,17+/m1/s1. The molecule has 0 aromatic heterocycles. The topological polar surface area (TPSA) is 110 Å². The molecule has 0 saturated heterocycles. The second-order valence-electron chi connectivity index (χ2n) is 6.33. The zero-order valence-electron chi connectivity index (χ0n) is 14.1. The number of rotatable bonds is 2. The van der Waals surface area contributed by atoms with Gasteiger partial charge < -0.3 is 16.6 Å². The Labute approximate surface area is 146 Å². The van der Waals surface area contributed by atoms with Crippen molar-refractivity contribution in [2.45, 2.75) is 31.9 Å². The fraction of sp³-hybridized carbons (Fsp3) is 0.263. The fourth-order valence-corrected chi connectivity index (χ4v) is 3.17. The number of aliphatic hydroxyl groups excluding tert-OH is 1. The van der Waals surface area contributed by atoms with E-state index in [0.29, 0.717) is 16.9 Å². The summed E-state index contributed by atoms with van der Waals surface area (Å²) in [4.78, 5) is 27.0. The van der Waals surface area contributed by atoms with Crippen LogP contribution in [0.1, 0.15) is 25.3 Å². The number of carbonyl (C=O) groups excluding carboxylic acids is 2. The average molecular weight is 339 g/mol. The molecule has 1 heterocycles. The number of carbonyl (C=O) groups is 2. The van der Waals surface area contributed by atoms with Crippen molar-refractivity contribution in [2.75, 3.05) is 10.6 Å². The summed E-state index contributed by atoms with van der Waals surface area (Å²) in [5, 5.41) is 9.71. The summed E-state index contributed by atoms with van der Waals surface area (Å²) in [6.45, 7) is 3.17. The van der Waals surface area contributed by atoms with E-state index in [0.717, 1.165) is 16.0 Å². The second-order valence-corrected chi connectivity index (χ2v) is 6.33. The normalized spacial score (nSPS) is 18.8. The first-order chi connectivity index (χ1) is 11.8. The Kier molecular flexibility index (Phi) is 4.32. The lowest BCUT2D eigenvalue weighted by Crippen LogP contribution is -2.52. The summed E-state index contributed by atoms with van der Waals surface area (Å²) >= 11 is 0. The molecule has 1 aliphatic rings. The maximum Gasteiger partial charge on any atom is 0.253 e. The summed E-state index contributed by atoms with van der Waals surface area (Å²) in [7, 11) is 0. The number of imide groups is 1. The van der Waals surface area contributed by atoms with Gasteiger partial charge in [-0.25, -0.2) is 4.90 Å². The highest BCUT2D eigenvalue weighted by Crippen LogP contribution is 2.43. The maximum absolute atomic E-state index is 13.1. The van der Waals surface area contributed by atoms with Crippen LogP contribution in [0.2, 0.25) is 0 Å². The van der Waals surface area contributed by atoms with Crippen molar-refractivity contribution in [1.29, 1.82) is 0 Å². The number of fused-ring (bicyclic) bond motifs is 3. The molecule has 2 amide bonds. The molecule has 3 atom stereocenters. The molecule has 6 heteroatoms. The minimum atomic E-state index is -1.20. The first-order valence-electron chi connectivity index (χ1n) is 8.13. The van der Waals surface area contributed by atoms with Gasteiger partial charge in [-0.15, -0.1) is 0 Å². The molecule has 6 nitrogen and oxygen atoms in total. The summed E-state index contributed by atoms with van der Waals surface area (Å²) in [6.07, 6.45) is -1.08. The highest BCUT2D eigenvalue weighted by molar-refractivity contribution is 6.22. The van der Waals surface area contributed by atoms with Crippen LogP contribution in [0.3, 0.4) is 0 Å². The minimum Gasteiger partial charge on any atom is -0.398 e. The molecule has 3 rings (SSSR count). The third-order valence-corrected chi connectivity index (χ3v) is 4.63. The van der Waals surface area contributed by atoms with Gasteiger partial charge in [-0.3, -0.25) is 9.59 Å². The lowest BCUT2D eigenvalue weighted by atomic mass is 9.92. The smallest absolute Gasteiger partial charge is 0.253 e. The van der Waals surface area contributed by atoms with E-state index >= 15 is 0 Å². The van der Waals surface area contributed by atoms with Crippen LogP contribution in [0.15, 0.2) is 42.5 Å². The van der Waals surface area contributed by atoms with Crippen molar-refractivity contribution in [3.63, 3.8) is 0 Å². The van der Waals surface area contributed by atoms with Crippen LogP contribution < -0.4 is 16.4 Å². The van der Waals surface area contributed by atoms with E-state index in [1.165, 1.54) is 6.92 Å². The number of hydrogen-bond acceptors (Lipinski definition) is 5. The molecule has 1 unspecified atom stereocenters. The number of hydrogen-bond donors (Lipinski definition) is 3. The van der Waals surface area contributed by atoms with Crippen LogP contribution in [0.25, 0.3) is 11.1 Å². The lowest BCUT2D eigenvalue weighted by Gasteiger charge is -2.27. The number of nitrogens with zero attached hydrogens (tertiary/aromatic N) is 1. The first kappa shape index (κ1) is 17.1. The van der Waals surface area contributed by atoms with E-state index in [4.69, 9.17) is 11.5 Å². The van der Waals surface area contributed by atoms with Crippen LogP contribution in [0.5, 0.6) is 0 Å². The minimum absolute atomic E-state index is 0.391. The van der Waals surface area contributed by atoms with Crippen molar-refractivity contribution < 1.29 is 14.7 Å². The van der Waals surface area contributed by atoms with Crippen LogP contribution in [0.4, 0.5) is 11.4 Å². The van der Waals surface area contributed by atoms with Gasteiger partial charge in [0.2, 0.25) is 5.91 Å². The van der Waals surface area contributed by atoms with Crippen molar-refractivity contribution >= 4 is 23.2 Å². The van der Waals surface area contributed by atoms with Gasteiger partial charge >= 0.3 is 0 Å². The Bertz CT molecular complexity index is 848. The SMILES string of the molecule is CC1C(=O)N(C(=O)[C@@H](N)[C@@H](C)O)c2cccc(N)c2-c2ccccc21. The van der Waals surface area contributed by atoms with E-state index in [9.17, 15) is 14.7 Å². The Morgan fingerprint density at radius 2 is 1.88 bits per heavy atom. The Morgan fingerprint density at radius 3 is 2.56 bits per heavy atom. The predicted octanol–water partition coefficient (Wildman–Crippen LogP) is 1.62. The van der Waals surface area contributed by atoms with Gasteiger partial charge in [-0.05, 0) is 37.1 Å². The number of benzene rings is 2. The van der Waals surface area contributed by atoms with Gasteiger partial charge in [0.05, 0.1) is 17.7 Å². The molecule has 0 fully saturated rings. The molecule has 0 radical (unpaired) electrons. The van der Waals surface area contributed by atoms with E-state index < -0.39 is 29.9 Å². The van der Waals surface area contributed by atoms with Gasteiger partial charge in [0.1, 0.15) is 6.04 Å². The second kappa shape index (κ2) is 6.31. The molecule has 130 valence electrons. The zero-order chi connectivity index (χ0) is 18.3. The fourth-order valence-electron chi connectivity index (χ4n) is 3.17. The van der Waals surface area contributed by atoms with Crippen molar-refractivity contribution in [3.05, 3.63) is 48.0 Å². The third-order valence-electron chi connectivity index (χ3n) is 4.63. The van der Waals surface area contributed by atoms with Crippen LogP contribution >= 0.6 is 0 Å². The molecule has 2 aromatic carbocycles. The van der Waals surface area contributed by atoms with E-state index in [1.54, 1.807) is 25.1 Å². The summed E-state index contributed by atoms with van der Waals surface area (Å²) in [5.74, 6) is -1.59. The van der Waals surface area contributed by atoms with Crippen molar-refractivity contribution in [3.8, 4) is 11.1 Å². The molecule has 2 aromatic rings. The van der Waals surface area contributed by atoms with Crippen LogP contribution in [-0.4, -0.2) is 29.1 Å². The van der Waals surface area contributed by atoms with E-state index in [2.05, 4.69) is 0 Å². The summed E-state index contributed by atoms with van der Waals surface area (Å²) in [5.41, 5.74) is 15.1. The molecule has 5 N–H and O–H groups in total. The molecule has 0 saturated carbocycles. The zero-order valence-corrected chi connectivity index (χ0v) is 14.1. The number of anilines is 2. The summed E-state index contributed by atoms with van der Waals surface area (Å²) in [6, 6.07) is 11.3. The number of amides is 2.